The first-order valence-electron chi connectivity index (χ1n) is 7.20. The van der Waals surface area contributed by atoms with Gasteiger partial charge in [-0.05, 0) is 20.8 Å². The second-order valence-electron chi connectivity index (χ2n) is 5.94. The van der Waals surface area contributed by atoms with E-state index in [1.165, 1.54) is 7.11 Å². The summed E-state index contributed by atoms with van der Waals surface area (Å²) in [4.78, 5) is 27.8. The number of hydrogen-bond donors (Lipinski definition) is 1. The standard InChI is InChI=1S/C15H22N4O4/c1-15(2,3)23-14(21)18-12(13(20)22-4)8-11-9-19(10-17-11)7-5-6-16/h9-10,12H,5,7-8H2,1-4H3,(H,18,21)/t12-/m0/s1. The predicted molar refractivity (Wildman–Crippen MR) is 81.3 cm³/mol. The molecule has 1 atom stereocenters. The zero-order valence-electron chi connectivity index (χ0n) is 13.8. The lowest BCUT2D eigenvalue weighted by Crippen LogP contribution is -2.45. The maximum Gasteiger partial charge on any atom is 0.408 e. The van der Waals surface area contributed by atoms with Gasteiger partial charge in [0.15, 0.2) is 0 Å². The smallest absolute Gasteiger partial charge is 0.408 e. The van der Waals surface area contributed by atoms with Crippen LogP contribution in [0.25, 0.3) is 0 Å². The van der Waals surface area contributed by atoms with Gasteiger partial charge in [-0.25, -0.2) is 14.6 Å². The summed E-state index contributed by atoms with van der Waals surface area (Å²) in [7, 11) is 1.25. The molecule has 0 fully saturated rings. The number of aromatic nitrogens is 2. The lowest BCUT2D eigenvalue weighted by Gasteiger charge is -2.22. The van der Waals surface area contributed by atoms with Gasteiger partial charge in [0.05, 0.1) is 31.6 Å². The quantitative estimate of drug-likeness (QED) is 0.794. The van der Waals surface area contributed by atoms with Crippen LogP contribution in [0.15, 0.2) is 12.5 Å². The topological polar surface area (TPSA) is 106 Å². The maximum atomic E-state index is 11.8. The van der Waals surface area contributed by atoms with Crippen molar-refractivity contribution in [3.8, 4) is 6.07 Å². The van der Waals surface area contributed by atoms with E-state index in [1.54, 1.807) is 37.9 Å². The second-order valence-corrected chi connectivity index (χ2v) is 5.94. The van der Waals surface area contributed by atoms with Crippen LogP contribution in [0.2, 0.25) is 0 Å². The van der Waals surface area contributed by atoms with Crippen molar-refractivity contribution in [1.29, 1.82) is 5.26 Å². The van der Waals surface area contributed by atoms with Crippen molar-refractivity contribution in [1.82, 2.24) is 14.9 Å². The number of esters is 1. The number of carbonyl (C=O) groups excluding carboxylic acids is 2. The summed E-state index contributed by atoms with van der Waals surface area (Å²) >= 11 is 0. The number of hydrogen-bond acceptors (Lipinski definition) is 6. The second kappa shape index (κ2) is 8.17. The van der Waals surface area contributed by atoms with Crippen LogP contribution in [-0.2, 0) is 27.2 Å². The Kier molecular flexibility index (Phi) is 6.57. The van der Waals surface area contributed by atoms with E-state index < -0.39 is 23.7 Å². The number of ether oxygens (including phenoxy) is 2. The van der Waals surface area contributed by atoms with Crippen molar-refractivity contribution in [3.63, 3.8) is 0 Å². The monoisotopic (exact) mass is 322 g/mol. The summed E-state index contributed by atoms with van der Waals surface area (Å²) in [6, 6.07) is 1.15. The number of imidazole rings is 1. The van der Waals surface area contributed by atoms with E-state index in [-0.39, 0.29) is 6.42 Å². The Morgan fingerprint density at radius 3 is 2.74 bits per heavy atom. The van der Waals surface area contributed by atoms with Crippen LogP contribution in [0.1, 0.15) is 32.9 Å². The average molecular weight is 322 g/mol. The molecular weight excluding hydrogens is 300 g/mol. The minimum Gasteiger partial charge on any atom is -0.467 e. The lowest BCUT2D eigenvalue weighted by atomic mass is 10.1. The molecule has 0 spiro atoms. The molecule has 0 aliphatic carbocycles. The highest BCUT2D eigenvalue weighted by molar-refractivity contribution is 5.81. The Morgan fingerprint density at radius 1 is 1.48 bits per heavy atom. The average Bonchev–Trinajstić information content (AvgIpc) is 2.89. The van der Waals surface area contributed by atoms with E-state index >= 15 is 0 Å². The Balaban J connectivity index is 2.71. The first-order chi connectivity index (χ1) is 10.7. The number of carbonyl (C=O) groups is 2. The van der Waals surface area contributed by atoms with E-state index in [0.29, 0.717) is 18.7 Å². The SMILES string of the molecule is COC(=O)[C@H](Cc1cn(CCC#N)cn1)NC(=O)OC(C)(C)C. The predicted octanol–water partition coefficient (Wildman–Crippen LogP) is 1.41. The van der Waals surface area contributed by atoms with Crippen molar-refractivity contribution in [3.05, 3.63) is 18.2 Å². The fourth-order valence-corrected chi connectivity index (χ4v) is 1.81. The van der Waals surface area contributed by atoms with Gasteiger partial charge in [0.25, 0.3) is 0 Å². The Labute approximate surface area is 135 Å². The Hall–Kier alpha value is -2.56. The number of nitriles is 1. The molecule has 0 aliphatic heterocycles. The van der Waals surface area contributed by atoms with Gasteiger partial charge in [0.2, 0.25) is 0 Å². The van der Waals surface area contributed by atoms with E-state index in [1.807, 2.05) is 6.07 Å². The molecule has 0 radical (unpaired) electrons. The summed E-state index contributed by atoms with van der Waals surface area (Å²) in [5, 5.41) is 11.1. The molecule has 1 rings (SSSR count). The fraction of sp³-hybridized carbons (Fsp3) is 0.600. The number of rotatable bonds is 6. The summed E-state index contributed by atoms with van der Waals surface area (Å²) < 4.78 is 11.6. The summed E-state index contributed by atoms with van der Waals surface area (Å²) in [6.45, 7) is 5.72. The van der Waals surface area contributed by atoms with E-state index in [0.717, 1.165) is 0 Å². The van der Waals surface area contributed by atoms with Gasteiger partial charge in [-0.3, -0.25) is 0 Å². The van der Waals surface area contributed by atoms with Gasteiger partial charge in [0, 0.05) is 19.2 Å². The van der Waals surface area contributed by atoms with Crippen LogP contribution in [-0.4, -0.2) is 40.4 Å². The van der Waals surface area contributed by atoms with Crippen molar-refractivity contribution >= 4 is 12.1 Å². The highest BCUT2D eigenvalue weighted by Crippen LogP contribution is 2.08. The highest BCUT2D eigenvalue weighted by Gasteiger charge is 2.26. The third-order valence-electron chi connectivity index (χ3n) is 2.76. The van der Waals surface area contributed by atoms with E-state index in [9.17, 15) is 9.59 Å². The molecule has 1 N–H and O–H groups in total. The molecule has 0 aliphatic rings. The number of aryl methyl sites for hydroxylation is 1. The maximum absolute atomic E-state index is 11.8. The largest absolute Gasteiger partial charge is 0.467 e. The molecule has 0 bridgehead atoms. The van der Waals surface area contributed by atoms with Crippen LogP contribution in [0.4, 0.5) is 4.79 Å². The fourth-order valence-electron chi connectivity index (χ4n) is 1.81. The molecule has 1 heterocycles. The Morgan fingerprint density at radius 2 is 2.17 bits per heavy atom. The molecule has 0 unspecified atom stereocenters. The zero-order valence-corrected chi connectivity index (χ0v) is 13.8. The van der Waals surface area contributed by atoms with E-state index in [4.69, 9.17) is 14.7 Å². The molecule has 126 valence electrons. The van der Waals surface area contributed by atoms with Gasteiger partial charge >= 0.3 is 12.1 Å². The number of amides is 1. The van der Waals surface area contributed by atoms with Gasteiger partial charge < -0.3 is 19.4 Å². The molecular formula is C15H22N4O4. The molecule has 23 heavy (non-hydrogen) atoms. The van der Waals surface area contributed by atoms with Crippen molar-refractivity contribution in [2.75, 3.05) is 7.11 Å². The van der Waals surface area contributed by atoms with Crippen molar-refractivity contribution in [2.45, 2.75) is 51.8 Å². The number of nitrogens with one attached hydrogen (secondary N) is 1. The summed E-state index contributed by atoms with van der Waals surface area (Å²) in [5.74, 6) is -0.581. The molecule has 0 aromatic carbocycles. The van der Waals surface area contributed by atoms with Crippen LogP contribution in [0, 0.1) is 11.3 Å². The van der Waals surface area contributed by atoms with Crippen LogP contribution in [0.5, 0.6) is 0 Å². The molecule has 8 nitrogen and oxygen atoms in total. The third-order valence-corrected chi connectivity index (χ3v) is 2.76. The zero-order chi connectivity index (χ0) is 17.5. The third kappa shape index (κ3) is 6.82. The normalized spacial score (nSPS) is 12.1. The number of methoxy groups -OCH3 is 1. The van der Waals surface area contributed by atoms with Gasteiger partial charge in [0.1, 0.15) is 11.6 Å². The van der Waals surface area contributed by atoms with E-state index in [2.05, 4.69) is 10.3 Å². The number of nitrogens with zero attached hydrogens (tertiary/aromatic N) is 3. The minimum absolute atomic E-state index is 0.172. The van der Waals surface area contributed by atoms with Crippen molar-refractivity contribution in [2.24, 2.45) is 0 Å². The van der Waals surface area contributed by atoms with Gasteiger partial charge in [-0.15, -0.1) is 0 Å². The molecule has 1 aromatic heterocycles. The highest BCUT2D eigenvalue weighted by atomic mass is 16.6. The number of alkyl carbamates (subject to hydrolysis) is 1. The summed E-state index contributed by atoms with van der Waals surface area (Å²) in [5.41, 5.74) is -0.0571. The van der Waals surface area contributed by atoms with Crippen LogP contribution >= 0.6 is 0 Å². The van der Waals surface area contributed by atoms with Gasteiger partial charge in [-0.1, -0.05) is 0 Å². The minimum atomic E-state index is -0.894. The first kappa shape index (κ1) is 18.5. The molecule has 0 saturated carbocycles. The summed E-state index contributed by atoms with van der Waals surface area (Å²) in [6.07, 6.45) is 3.15. The van der Waals surface area contributed by atoms with Crippen LogP contribution in [0.3, 0.4) is 0 Å². The van der Waals surface area contributed by atoms with Crippen molar-refractivity contribution < 1.29 is 19.1 Å². The van der Waals surface area contributed by atoms with Gasteiger partial charge in [-0.2, -0.15) is 5.26 Å². The molecule has 1 aromatic rings. The lowest BCUT2D eigenvalue weighted by molar-refractivity contribution is -0.143. The van der Waals surface area contributed by atoms with Crippen LogP contribution < -0.4 is 5.32 Å². The Bertz CT molecular complexity index is 583. The molecule has 0 saturated heterocycles. The first-order valence-corrected chi connectivity index (χ1v) is 7.20. The molecule has 1 amide bonds. The molecule has 8 heteroatoms.